The Morgan fingerprint density at radius 3 is 2.90 bits per heavy atom. The van der Waals surface area contributed by atoms with Crippen LogP contribution in [0.25, 0.3) is 5.53 Å². The van der Waals surface area contributed by atoms with Crippen LogP contribution in [-0.2, 0) is 4.74 Å². The maximum atomic E-state index is 13.2. The van der Waals surface area contributed by atoms with Gasteiger partial charge in [0.05, 0.1) is 24.9 Å². The molecule has 2 heterocycles. The SMILES string of the molecule is [N-]=[NH+]N[C@H]1[C@@H](O)[C@H](n2cc(F)c(=O)[nH]c2=O)O[C@@H]1CO. The second kappa shape index (κ2) is 5.48. The molecule has 5 N–H and O–H groups in total. The quantitative estimate of drug-likeness (QED) is 0.280. The highest BCUT2D eigenvalue weighted by Gasteiger charge is 2.43. The van der Waals surface area contributed by atoms with E-state index in [1.165, 1.54) is 0 Å². The largest absolute Gasteiger partial charge is 0.394 e. The third-order valence-electron chi connectivity index (χ3n) is 2.98. The van der Waals surface area contributed by atoms with Gasteiger partial charge in [-0.05, 0) is 0 Å². The van der Waals surface area contributed by atoms with E-state index in [0.29, 0.717) is 10.8 Å². The number of halogens is 1. The summed E-state index contributed by atoms with van der Waals surface area (Å²) in [6.45, 7) is -0.520. The van der Waals surface area contributed by atoms with Gasteiger partial charge in [-0.1, -0.05) is 0 Å². The van der Waals surface area contributed by atoms with Crippen molar-refractivity contribution in [2.45, 2.75) is 24.5 Å². The molecule has 1 aromatic heterocycles. The number of ether oxygens (including phenoxy) is 1. The van der Waals surface area contributed by atoms with E-state index in [1.54, 1.807) is 10.2 Å². The Hall–Kier alpha value is -2.11. The van der Waals surface area contributed by atoms with Gasteiger partial charge in [-0.3, -0.25) is 19.8 Å². The van der Waals surface area contributed by atoms with Crippen LogP contribution in [0.15, 0.2) is 15.8 Å². The highest BCUT2D eigenvalue weighted by atomic mass is 19.1. The lowest BCUT2D eigenvalue weighted by atomic mass is 10.1. The van der Waals surface area contributed by atoms with E-state index in [0.717, 1.165) is 0 Å². The van der Waals surface area contributed by atoms with E-state index in [4.69, 9.17) is 15.4 Å². The smallest absolute Gasteiger partial charge is 0.330 e. The lowest BCUT2D eigenvalue weighted by Gasteiger charge is -2.19. The molecule has 2 rings (SSSR count). The first-order chi connectivity index (χ1) is 9.49. The molecule has 1 aliphatic heterocycles. The van der Waals surface area contributed by atoms with E-state index in [2.05, 4.69) is 5.43 Å². The number of hydrogen-bond acceptors (Lipinski definition) is 5. The third kappa shape index (κ3) is 2.33. The van der Waals surface area contributed by atoms with Crippen LogP contribution < -0.4 is 21.9 Å². The van der Waals surface area contributed by atoms with Crippen LogP contribution in [0.4, 0.5) is 4.39 Å². The van der Waals surface area contributed by atoms with Gasteiger partial charge in [-0.25, -0.2) is 4.79 Å². The predicted molar refractivity (Wildman–Crippen MR) is 59.5 cm³/mol. The molecule has 0 bridgehead atoms. The summed E-state index contributed by atoms with van der Waals surface area (Å²) in [4.78, 5) is 24.2. The highest BCUT2D eigenvalue weighted by Crippen LogP contribution is 2.27. The van der Waals surface area contributed by atoms with Gasteiger partial charge in [0.25, 0.3) is 5.56 Å². The fourth-order valence-electron chi connectivity index (χ4n) is 2.03. The van der Waals surface area contributed by atoms with Crippen molar-refractivity contribution < 1.29 is 24.6 Å². The number of nitrogens with zero attached hydrogens (tertiary/aromatic N) is 2. The summed E-state index contributed by atoms with van der Waals surface area (Å²) in [6, 6.07) is -0.961. The van der Waals surface area contributed by atoms with Gasteiger partial charge < -0.3 is 14.9 Å². The minimum Gasteiger partial charge on any atom is -0.394 e. The second-order valence-corrected chi connectivity index (χ2v) is 4.16. The van der Waals surface area contributed by atoms with Crippen molar-refractivity contribution in [1.82, 2.24) is 15.0 Å². The number of rotatable bonds is 4. The van der Waals surface area contributed by atoms with E-state index in [-0.39, 0.29) is 0 Å². The number of hydrogen-bond donors (Lipinski definition) is 5. The van der Waals surface area contributed by atoms with Crippen LogP contribution in [0.3, 0.4) is 0 Å². The first kappa shape index (κ1) is 14.3. The Balaban J connectivity index is 2.39. The van der Waals surface area contributed by atoms with Crippen LogP contribution >= 0.6 is 0 Å². The van der Waals surface area contributed by atoms with E-state index >= 15 is 0 Å². The number of H-pyrrole nitrogens is 1. The van der Waals surface area contributed by atoms with Gasteiger partial charge in [-0.15, -0.1) is 0 Å². The monoisotopic (exact) mass is 289 g/mol. The number of aromatic amines is 1. The zero-order chi connectivity index (χ0) is 14.9. The predicted octanol–water partition coefficient (Wildman–Crippen LogP) is -4.10. The lowest BCUT2D eigenvalue weighted by Crippen LogP contribution is -2.80. The van der Waals surface area contributed by atoms with Crippen molar-refractivity contribution in [2.24, 2.45) is 0 Å². The maximum Gasteiger partial charge on any atom is 0.330 e. The zero-order valence-electron chi connectivity index (χ0n) is 9.99. The summed E-state index contributed by atoms with van der Waals surface area (Å²) < 4.78 is 19.1. The fraction of sp³-hybridized carbons (Fsp3) is 0.556. The number of hydrazine groups is 1. The molecule has 110 valence electrons. The summed E-state index contributed by atoms with van der Waals surface area (Å²) in [6.07, 6.45) is -3.10. The zero-order valence-corrected chi connectivity index (χ0v) is 9.99. The molecule has 1 fully saturated rings. The highest BCUT2D eigenvalue weighted by molar-refractivity contribution is 4.96. The lowest BCUT2D eigenvalue weighted by molar-refractivity contribution is -0.558. The molecule has 4 atom stereocenters. The molecule has 0 unspecified atom stereocenters. The molecule has 0 amide bonds. The van der Waals surface area contributed by atoms with E-state index < -0.39 is 48.2 Å². The van der Waals surface area contributed by atoms with Crippen molar-refractivity contribution >= 4 is 0 Å². The Morgan fingerprint density at radius 2 is 2.30 bits per heavy atom. The van der Waals surface area contributed by atoms with Crippen molar-refractivity contribution in [3.8, 4) is 0 Å². The molecular formula is C9H12FN5O5. The molecular weight excluding hydrogens is 277 g/mol. The van der Waals surface area contributed by atoms with Crippen LogP contribution in [0.1, 0.15) is 6.23 Å². The molecule has 0 spiro atoms. The average molecular weight is 289 g/mol. The molecule has 0 radical (unpaired) electrons. The van der Waals surface area contributed by atoms with Gasteiger partial charge in [0.1, 0.15) is 6.10 Å². The maximum absolute atomic E-state index is 13.2. The van der Waals surface area contributed by atoms with Crippen molar-refractivity contribution in [1.29, 1.82) is 0 Å². The number of aliphatic hydroxyl groups excluding tert-OH is 2. The Bertz CT molecular complexity index is 615. The Morgan fingerprint density at radius 1 is 1.60 bits per heavy atom. The molecule has 0 aromatic carbocycles. The molecule has 10 nitrogen and oxygen atoms in total. The second-order valence-electron chi connectivity index (χ2n) is 4.16. The third-order valence-corrected chi connectivity index (χ3v) is 2.98. The van der Waals surface area contributed by atoms with Crippen molar-refractivity contribution in [2.75, 3.05) is 6.61 Å². The topological polar surface area (TPSA) is 153 Å². The van der Waals surface area contributed by atoms with Gasteiger partial charge in [0.2, 0.25) is 5.82 Å². The van der Waals surface area contributed by atoms with E-state index in [1.807, 2.05) is 0 Å². The standard InChI is InChI=1S/C9H12FN5O5/c10-3-1-15(9(19)12-7(3)18)8-6(17)5(13-14-11)4(2-16)20-8/h1,4-6,8,14,16-17H,2H2,(H2-,11,12,13,18,19)/t4-,5-,6-,8-/m1/s1. The molecule has 1 saturated heterocycles. The molecule has 1 aromatic rings. The summed E-state index contributed by atoms with van der Waals surface area (Å²) in [7, 11) is 0. The Labute approximate surface area is 110 Å². The summed E-state index contributed by atoms with van der Waals surface area (Å²) in [5.41, 5.74) is 8.63. The van der Waals surface area contributed by atoms with Crippen LogP contribution in [-0.4, -0.2) is 44.6 Å². The molecule has 0 saturated carbocycles. The summed E-state index contributed by atoms with van der Waals surface area (Å²) in [5.74, 6) is -1.22. The Kier molecular flexibility index (Phi) is 3.92. The minimum absolute atomic E-state index is 0.520. The normalized spacial score (nSPS) is 29.4. The van der Waals surface area contributed by atoms with Crippen LogP contribution in [0, 0.1) is 5.82 Å². The first-order valence-electron chi connectivity index (χ1n) is 5.59. The van der Waals surface area contributed by atoms with Crippen molar-refractivity contribution in [3.63, 3.8) is 0 Å². The van der Waals surface area contributed by atoms with Gasteiger partial charge >= 0.3 is 5.69 Å². The molecule has 11 heteroatoms. The van der Waals surface area contributed by atoms with Crippen LogP contribution in [0.2, 0.25) is 0 Å². The number of nitrogens with one attached hydrogen (secondary N) is 3. The molecule has 0 aliphatic carbocycles. The van der Waals surface area contributed by atoms with Gasteiger partial charge in [0, 0.05) is 0 Å². The van der Waals surface area contributed by atoms with Crippen molar-refractivity contribution in [3.05, 3.63) is 38.4 Å². The number of aromatic nitrogens is 2. The van der Waals surface area contributed by atoms with Gasteiger partial charge in [0.15, 0.2) is 6.23 Å². The first-order valence-corrected chi connectivity index (χ1v) is 5.59. The van der Waals surface area contributed by atoms with Gasteiger partial charge in [-0.2, -0.15) is 15.1 Å². The average Bonchev–Trinajstić information content (AvgIpc) is 2.72. The number of aliphatic hydroxyl groups is 2. The molecule has 20 heavy (non-hydrogen) atoms. The van der Waals surface area contributed by atoms with E-state index in [9.17, 15) is 19.1 Å². The minimum atomic E-state index is -1.39. The molecule has 1 aliphatic rings. The summed E-state index contributed by atoms with van der Waals surface area (Å²) >= 11 is 0. The summed E-state index contributed by atoms with van der Waals surface area (Å²) in [5, 5.41) is 20.7. The van der Waals surface area contributed by atoms with Crippen LogP contribution in [0.5, 0.6) is 0 Å². The fourth-order valence-corrected chi connectivity index (χ4v) is 2.03.